The lowest BCUT2D eigenvalue weighted by molar-refractivity contribution is -0.385. The standard InChI is InChI=1S/C22H18ClN3O5S/c23-18-12-11-16(32(30,31)25-13-5-7-15-6-1-3-9-20(15)25)14-19(18)24-22(27)17-8-2-4-10-21(17)26(28)29/h1-4,6,8-12,14H,5,7,13H2,(H,24,27). The van der Waals surface area contributed by atoms with Gasteiger partial charge in [0.05, 0.1) is 26.2 Å². The molecule has 32 heavy (non-hydrogen) atoms. The number of nitrogens with one attached hydrogen (secondary N) is 1. The van der Waals surface area contributed by atoms with Crippen LogP contribution in [0.2, 0.25) is 5.02 Å². The molecule has 1 amide bonds. The number of para-hydroxylation sites is 2. The molecule has 0 aliphatic carbocycles. The van der Waals surface area contributed by atoms with Crippen LogP contribution in [0.5, 0.6) is 0 Å². The molecular weight excluding hydrogens is 454 g/mol. The van der Waals surface area contributed by atoms with E-state index >= 15 is 0 Å². The number of hydrogen-bond acceptors (Lipinski definition) is 5. The van der Waals surface area contributed by atoms with Crippen LogP contribution in [0.1, 0.15) is 22.3 Å². The Morgan fingerprint density at radius 3 is 2.56 bits per heavy atom. The fraction of sp³-hybridized carbons (Fsp3) is 0.136. The summed E-state index contributed by atoms with van der Waals surface area (Å²) < 4.78 is 28.1. The first-order valence-corrected chi connectivity index (χ1v) is 11.6. The van der Waals surface area contributed by atoms with Crippen molar-refractivity contribution in [2.75, 3.05) is 16.2 Å². The zero-order chi connectivity index (χ0) is 22.9. The highest BCUT2D eigenvalue weighted by atomic mass is 35.5. The van der Waals surface area contributed by atoms with Crippen molar-refractivity contribution >= 4 is 44.6 Å². The maximum Gasteiger partial charge on any atom is 0.282 e. The van der Waals surface area contributed by atoms with Gasteiger partial charge in [0.25, 0.3) is 21.6 Å². The normalized spacial score (nSPS) is 13.3. The third kappa shape index (κ3) is 4.04. The van der Waals surface area contributed by atoms with E-state index in [4.69, 9.17) is 11.6 Å². The molecule has 8 nitrogen and oxygen atoms in total. The molecule has 10 heteroatoms. The maximum atomic E-state index is 13.4. The van der Waals surface area contributed by atoms with E-state index in [0.29, 0.717) is 18.7 Å². The Hall–Kier alpha value is -3.43. The number of carbonyl (C=O) groups excluding carboxylic acids is 1. The molecule has 1 N–H and O–H groups in total. The molecule has 1 aliphatic heterocycles. The van der Waals surface area contributed by atoms with Gasteiger partial charge in [0.2, 0.25) is 0 Å². The summed E-state index contributed by atoms with van der Waals surface area (Å²) in [5.41, 5.74) is 1.09. The number of fused-ring (bicyclic) bond motifs is 1. The fourth-order valence-corrected chi connectivity index (χ4v) is 5.38. The van der Waals surface area contributed by atoms with Gasteiger partial charge in [-0.05, 0) is 48.7 Å². The molecular formula is C22H18ClN3O5S. The van der Waals surface area contributed by atoms with Crippen molar-refractivity contribution in [1.82, 2.24) is 0 Å². The smallest absolute Gasteiger partial charge is 0.282 e. The minimum absolute atomic E-state index is 0.0428. The van der Waals surface area contributed by atoms with Gasteiger partial charge in [0.1, 0.15) is 5.56 Å². The number of nitro groups is 1. The molecule has 3 aromatic carbocycles. The first kappa shape index (κ1) is 21.8. The van der Waals surface area contributed by atoms with E-state index in [1.54, 1.807) is 12.1 Å². The minimum atomic E-state index is -3.92. The summed E-state index contributed by atoms with van der Waals surface area (Å²) in [5.74, 6) is -0.767. The van der Waals surface area contributed by atoms with Crippen LogP contribution >= 0.6 is 11.6 Å². The molecule has 0 radical (unpaired) electrons. The summed E-state index contributed by atoms with van der Waals surface area (Å²) in [5, 5.41) is 13.8. The summed E-state index contributed by atoms with van der Waals surface area (Å²) in [6, 6.07) is 16.8. The van der Waals surface area contributed by atoms with Crippen molar-refractivity contribution in [1.29, 1.82) is 0 Å². The number of rotatable bonds is 5. The summed E-state index contributed by atoms with van der Waals surface area (Å²) >= 11 is 6.19. The van der Waals surface area contributed by atoms with Crippen molar-refractivity contribution in [3.8, 4) is 0 Å². The number of nitro benzene ring substituents is 1. The van der Waals surface area contributed by atoms with E-state index in [9.17, 15) is 23.3 Å². The molecule has 1 aliphatic rings. The van der Waals surface area contributed by atoms with Gasteiger partial charge in [-0.25, -0.2) is 8.42 Å². The van der Waals surface area contributed by atoms with Crippen LogP contribution in [0.25, 0.3) is 0 Å². The highest BCUT2D eigenvalue weighted by molar-refractivity contribution is 7.92. The van der Waals surface area contributed by atoms with Crippen LogP contribution in [0.4, 0.5) is 17.1 Å². The Balaban J connectivity index is 1.68. The van der Waals surface area contributed by atoms with E-state index in [1.165, 1.54) is 46.8 Å². The summed E-state index contributed by atoms with van der Waals surface area (Å²) in [4.78, 5) is 23.2. The van der Waals surface area contributed by atoms with Crippen LogP contribution in [-0.2, 0) is 16.4 Å². The number of carbonyl (C=O) groups is 1. The lowest BCUT2D eigenvalue weighted by Crippen LogP contribution is -2.35. The van der Waals surface area contributed by atoms with Crippen molar-refractivity contribution in [3.63, 3.8) is 0 Å². The van der Waals surface area contributed by atoms with E-state index in [0.717, 1.165) is 12.0 Å². The highest BCUT2D eigenvalue weighted by Gasteiger charge is 2.29. The van der Waals surface area contributed by atoms with Crippen molar-refractivity contribution < 1.29 is 18.1 Å². The van der Waals surface area contributed by atoms with Crippen LogP contribution in [0.3, 0.4) is 0 Å². The number of hydrogen-bond donors (Lipinski definition) is 1. The second kappa shape index (κ2) is 8.60. The third-order valence-electron chi connectivity index (χ3n) is 5.19. The number of benzene rings is 3. The number of nitrogens with zero attached hydrogens (tertiary/aromatic N) is 2. The Morgan fingerprint density at radius 1 is 1.06 bits per heavy atom. The topological polar surface area (TPSA) is 110 Å². The summed E-state index contributed by atoms with van der Waals surface area (Å²) in [6.07, 6.45) is 1.48. The van der Waals surface area contributed by atoms with Crippen LogP contribution in [0, 0.1) is 10.1 Å². The average molecular weight is 472 g/mol. The average Bonchev–Trinajstić information content (AvgIpc) is 2.79. The Kier molecular flexibility index (Phi) is 5.86. The van der Waals surface area contributed by atoms with Crippen LogP contribution in [0.15, 0.2) is 71.6 Å². The zero-order valence-corrected chi connectivity index (χ0v) is 18.3. The van der Waals surface area contributed by atoms with E-state index < -0.39 is 20.9 Å². The Morgan fingerprint density at radius 2 is 1.78 bits per heavy atom. The van der Waals surface area contributed by atoms with Gasteiger partial charge in [-0.15, -0.1) is 0 Å². The van der Waals surface area contributed by atoms with Gasteiger partial charge in [-0.1, -0.05) is 41.9 Å². The van der Waals surface area contributed by atoms with Gasteiger partial charge in [-0.3, -0.25) is 19.2 Å². The molecule has 1 heterocycles. The van der Waals surface area contributed by atoms with Crippen molar-refractivity contribution in [3.05, 3.63) is 93.0 Å². The molecule has 0 aromatic heterocycles. The van der Waals surface area contributed by atoms with E-state index in [2.05, 4.69) is 5.32 Å². The number of anilines is 2. The van der Waals surface area contributed by atoms with Gasteiger partial charge < -0.3 is 5.32 Å². The molecule has 0 saturated carbocycles. The molecule has 164 valence electrons. The summed E-state index contributed by atoms with van der Waals surface area (Å²) in [7, 11) is -3.92. The molecule has 0 spiro atoms. The van der Waals surface area contributed by atoms with Crippen LogP contribution in [-0.4, -0.2) is 25.8 Å². The first-order chi connectivity index (χ1) is 15.3. The van der Waals surface area contributed by atoms with Crippen LogP contribution < -0.4 is 9.62 Å². The van der Waals surface area contributed by atoms with Gasteiger partial charge in [-0.2, -0.15) is 0 Å². The second-order valence-electron chi connectivity index (χ2n) is 7.18. The van der Waals surface area contributed by atoms with Gasteiger partial charge in [0, 0.05) is 12.6 Å². The minimum Gasteiger partial charge on any atom is -0.320 e. The molecule has 0 bridgehead atoms. The quantitative estimate of drug-likeness (QED) is 0.430. The van der Waals surface area contributed by atoms with E-state index in [-0.39, 0.29) is 26.9 Å². The molecule has 0 atom stereocenters. The zero-order valence-electron chi connectivity index (χ0n) is 16.7. The molecule has 0 saturated heterocycles. The fourth-order valence-electron chi connectivity index (χ4n) is 3.65. The largest absolute Gasteiger partial charge is 0.320 e. The van der Waals surface area contributed by atoms with Gasteiger partial charge in [0.15, 0.2) is 0 Å². The lowest BCUT2D eigenvalue weighted by atomic mass is 10.0. The third-order valence-corrected chi connectivity index (χ3v) is 7.33. The molecule has 3 aromatic rings. The summed E-state index contributed by atoms with van der Waals surface area (Å²) in [6.45, 7) is 0.333. The Bertz CT molecular complexity index is 1330. The monoisotopic (exact) mass is 471 g/mol. The molecule has 0 unspecified atom stereocenters. The predicted molar refractivity (Wildman–Crippen MR) is 122 cm³/mol. The number of halogens is 1. The Labute approximate surface area is 189 Å². The first-order valence-electron chi connectivity index (χ1n) is 9.74. The van der Waals surface area contributed by atoms with Crippen molar-refractivity contribution in [2.45, 2.75) is 17.7 Å². The predicted octanol–water partition coefficient (Wildman–Crippen LogP) is 4.64. The van der Waals surface area contributed by atoms with E-state index in [1.807, 2.05) is 12.1 Å². The highest BCUT2D eigenvalue weighted by Crippen LogP contribution is 2.34. The number of aryl methyl sites for hydroxylation is 1. The molecule has 4 rings (SSSR count). The SMILES string of the molecule is O=C(Nc1cc(S(=O)(=O)N2CCCc3ccccc32)ccc1Cl)c1ccccc1[N+](=O)[O-]. The second-order valence-corrected chi connectivity index (χ2v) is 9.45. The lowest BCUT2D eigenvalue weighted by Gasteiger charge is -2.30. The number of amides is 1. The maximum absolute atomic E-state index is 13.4. The molecule has 0 fully saturated rings. The van der Waals surface area contributed by atoms with Gasteiger partial charge >= 0.3 is 0 Å². The van der Waals surface area contributed by atoms with Crippen molar-refractivity contribution in [2.24, 2.45) is 0 Å². The number of sulfonamides is 1.